The molecule has 0 aliphatic carbocycles. The number of nitro benzene ring substituents is 1. The van der Waals surface area contributed by atoms with E-state index in [4.69, 9.17) is 0 Å². The topological polar surface area (TPSA) is 103 Å². The van der Waals surface area contributed by atoms with Crippen molar-refractivity contribution in [3.8, 4) is 11.4 Å². The third kappa shape index (κ3) is 4.83. The van der Waals surface area contributed by atoms with E-state index in [2.05, 4.69) is 38.1 Å². The van der Waals surface area contributed by atoms with Crippen LogP contribution in [-0.2, 0) is 11.8 Å². The Labute approximate surface area is 172 Å². The Morgan fingerprint density at radius 1 is 1.26 bits per heavy atom. The fraction of sp³-hybridized carbons (Fsp3) is 0.118. The number of non-ortho nitro benzene ring substituents is 1. The Bertz CT molecular complexity index is 990. The summed E-state index contributed by atoms with van der Waals surface area (Å²) in [6, 6.07) is 13.7. The van der Waals surface area contributed by atoms with Crippen molar-refractivity contribution in [1.82, 2.24) is 14.8 Å². The Kier molecular flexibility index (Phi) is 6.06. The molecule has 10 heteroatoms. The van der Waals surface area contributed by atoms with Gasteiger partial charge in [-0.05, 0) is 46.9 Å². The van der Waals surface area contributed by atoms with Crippen LogP contribution in [0.4, 0.5) is 11.4 Å². The Morgan fingerprint density at radius 3 is 2.70 bits per heavy atom. The zero-order chi connectivity index (χ0) is 19.4. The highest BCUT2D eigenvalue weighted by Crippen LogP contribution is 2.25. The molecular weight excluding hydrogens is 481 g/mol. The van der Waals surface area contributed by atoms with Gasteiger partial charge in [-0.15, -0.1) is 10.2 Å². The van der Waals surface area contributed by atoms with Crippen LogP contribution < -0.4 is 5.32 Å². The van der Waals surface area contributed by atoms with Crippen molar-refractivity contribution in [2.24, 2.45) is 7.05 Å². The number of amides is 1. The Morgan fingerprint density at radius 2 is 2.00 bits per heavy atom. The SMILES string of the molecule is Cn1c(SCC(=O)Nc2ccc(I)cc2)nnc1-c1cccc([N+](=O)[O-])c1. The molecule has 1 N–H and O–H groups in total. The van der Waals surface area contributed by atoms with Crippen molar-refractivity contribution in [3.05, 3.63) is 62.2 Å². The number of nitro groups is 1. The molecule has 0 atom stereocenters. The summed E-state index contributed by atoms with van der Waals surface area (Å²) in [6.07, 6.45) is 0. The normalized spacial score (nSPS) is 10.6. The van der Waals surface area contributed by atoms with E-state index >= 15 is 0 Å². The van der Waals surface area contributed by atoms with Gasteiger partial charge in [0.2, 0.25) is 5.91 Å². The Hall–Kier alpha value is -2.47. The van der Waals surface area contributed by atoms with E-state index in [1.807, 2.05) is 24.3 Å². The number of nitrogens with one attached hydrogen (secondary N) is 1. The van der Waals surface area contributed by atoms with E-state index in [1.54, 1.807) is 23.7 Å². The highest BCUT2D eigenvalue weighted by Gasteiger charge is 2.15. The van der Waals surface area contributed by atoms with Gasteiger partial charge in [-0.2, -0.15) is 0 Å². The molecule has 0 aliphatic rings. The second-order valence-electron chi connectivity index (χ2n) is 5.52. The maximum Gasteiger partial charge on any atom is 0.270 e. The lowest BCUT2D eigenvalue weighted by Crippen LogP contribution is -2.14. The van der Waals surface area contributed by atoms with Crippen LogP contribution in [-0.4, -0.2) is 31.3 Å². The zero-order valence-corrected chi connectivity index (χ0v) is 17.1. The van der Waals surface area contributed by atoms with E-state index in [-0.39, 0.29) is 17.3 Å². The lowest BCUT2D eigenvalue weighted by atomic mass is 10.2. The van der Waals surface area contributed by atoms with Crippen LogP contribution in [0, 0.1) is 13.7 Å². The molecule has 138 valence electrons. The molecule has 8 nitrogen and oxygen atoms in total. The highest BCUT2D eigenvalue weighted by molar-refractivity contribution is 14.1. The van der Waals surface area contributed by atoms with Gasteiger partial charge >= 0.3 is 0 Å². The van der Waals surface area contributed by atoms with Crippen LogP contribution in [0.2, 0.25) is 0 Å². The lowest BCUT2D eigenvalue weighted by molar-refractivity contribution is -0.384. The third-order valence-corrected chi connectivity index (χ3v) is 5.35. The standard InChI is InChI=1S/C17H14IN5O3S/c1-22-16(11-3-2-4-14(9-11)23(25)26)20-21-17(22)27-10-15(24)19-13-7-5-12(18)6-8-13/h2-9H,10H2,1H3,(H,19,24). The maximum atomic E-state index is 12.1. The van der Waals surface area contributed by atoms with Gasteiger partial charge in [0.25, 0.3) is 5.69 Å². The molecule has 0 fully saturated rings. The number of carbonyl (C=O) groups is 1. The minimum atomic E-state index is -0.454. The summed E-state index contributed by atoms with van der Waals surface area (Å²) in [6.45, 7) is 0. The zero-order valence-electron chi connectivity index (χ0n) is 14.1. The number of nitrogens with zero attached hydrogens (tertiary/aromatic N) is 4. The number of halogens is 1. The molecule has 0 saturated heterocycles. The molecule has 0 radical (unpaired) electrons. The van der Waals surface area contributed by atoms with Gasteiger partial charge in [0.15, 0.2) is 11.0 Å². The molecule has 3 rings (SSSR count). The van der Waals surface area contributed by atoms with Crippen LogP contribution in [0.25, 0.3) is 11.4 Å². The fourth-order valence-corrected chi connectivity index (χ4v) is 3.38. The van der Waals surface area contributed by atoms with Crippen molar-refractivity contribution in [2.45, 2.75) is 5.16 Å². The first-order valence-electron chi connectivity index (χ1n) is 7.76. The minimum absolute atomic E-state index is 0.0124. The molecule has 2 aromatic carbocycles. The van der Waals surface area contributed by atoms with E-state index in [9.17, 15) is 14.9 Å². The van der Waals surface area contributed by atoms with Crippen LogP contribution in [0.15, 0.2) is 53.7 Å². The van der Waals surface area contributed by atoms with Crippen molar-refractivity contribution >= 4 is 51.6 Å². The summed E-state index contributed by atoms with van der Waals surface area (Å²) in [5.74, 6) is 0.521. The maximum absolute atomic E-state index is 12.1. The molecule has 1 amide bonds. The van der Waals surface area contributed by atoms with Crippen LogP contribution >= 0.6 is 34.4 Å². The number of carbonyl (C=O) groups excluding carboxylic acids is 1. The van der Waals surface area contributed by atoms with Gasteiger partial charge in [-0.3, -0.25) is 14.9 Å². The van der Waals surface area contributed by atoms with Gasteiger partial charge in [-0.1, -0.05) is 23.9 Å². The number of rotatable bonds is 6. The van der Waals surface area contributed by atoms with Gasteiger partial charge in [-0.25, -0.2) is 0 Å². The van der Waals surface area contributed by atoms with Gasteiger partial charge in [0.1, 0.15) is 0 Å². The first-order valence-corrected chi connectivity index (χ1v) is 9.83. The first-order chi connectivity index (χ1) is 12.9. The molecule has 1 aromatic heterocycles. The number of anilines is 1. The molecular formula is C17H14IN5O3S. The van der Waals surface area contributed by atoms with Crippen LogP contribution in [0.1, 0.15) is 0 Å². The summed E-state index contributed by atoms with van der Waals surface area (Å²) in [5, 5.41) is 22.5. The summed E-state index contributed by atoms with van der Waals surface area (Å²) in [7, 11) is 1.76. The smallest absolute Gasteiger partial charge is 0.270 e. The van der Waals surface area contributed by atoms with E-state index in [1.165, 1.54) is 23.9 Å². The monoisotopic (exact) mass is 495 g/mol. The highest BCUT2D eigenvalue weighted by atomic mass is 127. The number of benzene rings is 2. The fourth-order valence-electron chi connectivity index (χ4n) is 2.31. The molecule has 3 aromatic rings. The minimum Gasteiger partial charge on any atom is -0.325 e. The number of thioether (sulfide) groups is 1. The Balaban J connectivity index is 1.67. The van der Waals surface area contributed by atoms with Crippen molar-refractivity contribution in [1.29, 1.82) is 0 Å². The average molecular weight is 495 g/mol. The van der Waals surface area contributed by atoms with Crippen LogP contribution in [0.3, 0.4) is 0 Å². The molecule has 0 bridgehead atoms. The van der Waals surface area contributed by atoms with Gasteiger partial charge < -0.3 is 9.88 Å². The van der Waals surface area contributed by atoms with E-state index in [0.29, 0.717) is 16.5 Å². The quantitative estimate of drug-likeness (QED) is 0.242. The number of hydrogen-bond donors (Lipinski definition) is 1. The second-order valence-corrected chi connectivity index (χ2v) is 7.70. The molecule has 0 spiro atoms. The van der Waals surface area contributed by atoms with Gasteiger partial charge in [0.05, 0.1) is 10.7 Å². The van der Waals surface area contributed by atoms with Crippen LogP contribution in [0.5, 0.6) is 0 Å². The number of aromatic nitrogens is 3. The van der Waals surface area contributed by atoms with Crippen molar-refractivity contribution in [2.75, 3.05) is 11.1 Å². The molecule has 27 heavy (non-hydrogen) atoms. The molecule has 0 unspecified atom stereocenters. The van der Waals surface area contributed by atoms with Crippen molar-refractivity contribution < 1.29 is 9.72 Å². The number of hydrogen-bond acceptors (Lipinski definition) is 6. The largest absolute Gasteiger partial charge is 0.325 e. The summed E-state index contributed by atoms with van der Waals surface area (Å²) < 4.78 is 2.80. The summed E-state index contributed by atoms with van der Waals surface area (Å²) in [5.41, 5.74) is 1.31. The third-order valence-electron chi connectivity index (χ3n) is 3.61. The van der Waals surface area contributed by atoms with Gasteiger partial charge in [0, 0.05) is 34.0 Å². The molecule has 0 saturated carbocycles. The predicted octanol–water partition coefficient (Wildman–Crippen LogP) is 3.73. The predicted molar refractivity (Wildman–Crippen MR) is 112 cm³/mol. The first kappa shape index (κ1) is 19.3. The van der Waals surface area contributed by atoms with Crippen molar-refractivity contribution in [3.63, 3.8) is 0 Å². The lowest BCUT2D eigenvalue weighted by Gasteiger charge is -2.06. The second kappa shape index (κ2) is 8.48. The molecule has 0 aliphatic heterocycles. The summed E-state index contributed by atoms with van der Waals surface area (Å²) >= 11 is 3.44. The molecule has 1 heterocycles. The van der Waals surface area contributed by atoms with E-state index in [0.717, 1.165) is 9.26 Å². The van der Waals surface area contributed by atoms with E-state index < -0.39 is 4.92 Å². The summed E-state index contributed by atoms with van der Waals surface area (Å²) in [4.78, 5) is 22.6. The average Bonchev–Trinajstić information content (AvgIpc) is 3.02.